The molecule has 0 saturated heterocycles. The first-order valence-electron chi connectivity index (χ1n) is 4.29. The number of thiol groups is 1. The highest BCUT2D eigenvalue weighted by Crippen LogP contribution is 2.20. The third-order valence-electron chi connectivity index (χ3n) is 1.85. The van der Waals surface area contributed by atoms with Gasteiger partial charge in [0.2, 0.25) is 5.91 Å². The maximum Gasteiger partial charge on any atom is 0.236 e. The van der Waals surface area contributed by atoms with Crippen LogP contribution in [-0.4, -0.2) is 16.3 Å². The maximum absolute atomic E-state index is 11.3. The summed E-state index contributed by atoms with van der Waals surface area (Å²) in [5.74, 6) is 0.0431. The summed E-state index contributed by atoms with van der Waals surface area (Å²) in [7, 11) is 0. The summed E-state index contributed by atoms with van der Waals surface area (Å²) in [5.41, 5.74) is 1.53. The first kappa shape index (κ1) is 10.9. The zero-order valence-electron chi connectivity index (χ0n) is 8.11. The number of carbonyl (C=O) groups is 1. The van der Waals surface area contributed by atoms with Crippen molar-refractivity contribution < 1.29 is 9.90 Å². The number of aryl methyl sites for hydroxylation is 1. The Morgan fingerprint density at radius 3 is 2.71 bits per heavy atom. The summed E-state index contributed by atoms with van der Waals surface area (Å²) in [6.45, 7) is 3.52. The molecule has 0 aliphatic rings. The predicted octanol–water partition coefficient (Wildman–Crippen LogP) is 1.96. The van der Waals surface area contributed by atoms with Gasteiger partial charge in [-0.15, -0.1) is 0 Å². The van der Waals surface area contributed by atoms with E-state index in [4.69, 9.17) is 5.11 Å². The molecule has 3 nitrogen and oxygen atoms in total. The van der Waals surface area contributed by atoms with E-state index in [9.17, 15) is 4.79 Å². The lowest BCUT2D eigenvalue weighted by molar-refractivity contribution is -0.115. The van der Waals surface area contributed by atoms with Gasteiger partial charge in [-0.25, -0.2) is 0 Å². The third kappa shape index (κ3) is 2.67. The monoisotopic (exact) mass is 211 g/mol. The van der Waals surface area contributed by atoms with Gasteiger partial charge in [0.25, 0.3) is 0 Å². The minimum Gasteiger partial charge on any atom is -0.508 e. The molecule has 0 spiro atoms. The molecule has 0 aliphatic heterocycles. The quantitative estimate of drug-likeness (QED) is 0.517. The second kappa shape index (κ2) is 4.37. The lowest BCUT2D eigenvalue weighted by Gasteiger charge is -2.09. The van der Waals surface area contributed by atoms with Crippen molar-refractivity contribution in [3.8, 4) is 5.75 Å². The second-order valence-electron chi connectivity index (χ2n) is 3.16. The maximum atomic E-state index is 11.3. The van der Waals surface area contributed by atoms with Crippen molar-refractivity contribution in [2.75, 3.05) is 5.32 Å². The molecular formula is C10H13NO2S. The summed E-state index contributed by atoms with van der Waals surface area (Å²) in [6, 6.07) is 4.79. The van der Waals surface area contributed by atoms with Crippen LogP contribution in [0.15, 0.2) is 18.2 Å². The average molecular weight is 211 g/mol. The van der Waals surface area contributed by atoms with Crippen molar-refractivity contribution in [2.24, 2.45) is 0 Å². The first-order valence-corrected chi connectivity index (χ1v) is 4.81. The molecule has 0 fully saturated rings. The van der Waals surface area contributed by atoms with Gasteiger partial charge in [0.15, 0.2) is 0 Å². The number of phenols is 1. The number of amides is 1. The van der Waals surface area contributed by atoms with Crippen molar-refractivity contribution in [1.29, 1.82) is 0 Å². The Labute approximate surface area is 88.6 Å². The van der Waals surface area contributed by atoms with E-state index in [1.807, 2.05) is 6.92 Å². The summed E-state index contributed by atoms with van der Waals surface area (Å²) in [6.07, 6.45) is 0. The molecule has 4 heteroatoms. The van der Waals surface area contributed by atoms with E-state index in [0.29, 0.717) is 5.69 Å². The minimum atomic E-state index is -0.344. The number of rotatable bonds is 2. The molecule has 1 amide bonds. The fraction of sp³-hybridized carbons (Fsp3) is 0.300. The van der Waals surface area contributed by atoms with E-state index < -0.39 is 0 Å². The molecule has 1 aromatic carbocycles. The van der Waals surface area contributed by atoms with E-state index in [0.717, 1.165) is 5.56 Å². The van der Waals surface area contributed by atoms with Crippen LogP contribution in [0.5, 0.6) is 5.75 Å². The molecule has 0 aromatic heterocycles. The third-order valence-corrected chi connectivity index (χ3v) is 2.08. The molecule has 0 aliphatic carbocycles. The molecule has 0 bridgehead atoms. The number of benzene rings is 1. The largest absolute Gasteiger partial charge is 0.508 e. The standard InChI is InChI=1S/C10H13NO2S/c1-6-5-8(12)3-4-9(6)11-10(13)7(2)14/h3-5,7,12,14H,1-2H3,(H,11,13). The molecular weight excluding hydrogens is 198 g/mol. The average Bonchev–Trinajstić information content (AvgIpc) is 2.09. The van der Waals surface area contributed by atoms with Gasteiger partial charge in [-0.2, -0.15) is 12.6 Å². The van der Waals surface area contributed by atoms with Crippen molar-refractivity contribution in [1.82, 2.24) is 0 Å². The van der Waals surface area contributed by atoms with E-state index >= 15 is 0 Å². The van der Waals surface area contributed by atoms with Crippen LogP contribution in [0, 0.1) is 6.92 Å². The van der Waals surface area contributed by atoms with Crippen molar-refractivity contribution in [2.45, 2.75) is 19.1 Å². The van der Waals surface area contributed by atoms with Crippen molar-refractivity contribution in [3.63, 3.8) is 0 Å². The van der Waals surface area contributed by atoms with Crippen LogP contribution < -0.4 is 5.32 Å². The SMILES string of the molecule is Cc1cc(O)ccc1NC(=O)C(C)S. The fourth-order valence-corrected chi connectivity index (χ4v) is 1.09. The highest BCUT2D eigenvalue weighted by Gasteiger charge is 2.09. The highest BCUT2D eigenvalue weighted by atomic mass is 32.1. The van der Waals surface area contributed by atoms with Gasteiger partial charge in [-0.05, 0) is 37.6 Å². The topological polar surface area (TPSA) is 49.3 Å². The summed E-state index contributed by atoms with van der Waals surface area (Å²) in [4.78, 5) is 11.3. The van der Waals surface area contributed by atoms with Crippen LogP contribution in [0.1, 0.15) is 12.5 Å². The predicted molar refractivity (Wildman–Crippen MR) is 59.9 cm³/mol. The number of hydrogen-bond donors (Lipinski definition) is 3. The zero-order chi connectivity index (χ0) is 10.7. The normalized spacial score (nSPS) is 12.2. The smallest absolute Gasteiger partial charge is 0.236 e. The highest BCUT2D eigenvalue weighted by molar-refractivity contribution is 7.81. The molecule has 1 aromatic rings. The number of aromatic hydroxyl groups is 1. The summed E-state index contributed by atoms with van der Waals surface area (Å²) >= 11 is 4.02. The molecule has 1 unspecified atom stereocenters. The van der Waals surface area contributed by atoms with Crippen molar-refractivity contribution >= 4 is 24.2 Å². The Morgan fingerprint density at radius 1 is 1.57 bits per heavy atom. The Morgan fingerprint density at radius 2 is 2.21 bits per heavy atom. The Kier molecular flexibility index (Phi) is 3.41. The van der Waals surface area contributed by atoms with Crippen LogP contribution in [0.25, 0.3) is 0 Å². The van der Waals surface area contributed by atoms with E-state index in [2.05, 4.69) is 17.9 Å². The molecule has 14 heavy (non-hydrogen) atoms. The lowest BCUT2D eigenvalue weighted by Crippen LogP contribution is -2.20. The van der Waals surface area contributed by atoms with Crippen LogP contribution in [-0.2, 0) is 4.79 Å². The molecule has 0 saturated carbocycles. The number of hydrogen-bond acceptors (Lipinski definition) is 3. The van der Waals surface area contributed by atoms with E-state index in [1.54, 1.807) is 19.1 Å². The fourth-order valence-electron chi connectivity index (χ4n) is 1.03. The van der Waals surface area contributed by atoms with Gasteiger partial charge in [-0.3, -0.25) is 4.79 Å². The molecule has 0 heterocycles. The van der Waals surface area contributed by atoms with Crippen LogP contribution in [0.4, 0.5) is 5.69 Å². The van der Waals surface area contributed by atoms with Gasteiger partial charge >= 0.3 is 0 Å². The number of carbonyl (C=O) groups excluding carboxylic acids is 1. The van der Waals surface area contributed by atoms with E-state index in [-0.39, 0.29) is 16.9 Å². The summed E-state index contributed by atoms with van der Waals surface area (Å²) < 4.78 is 0. The summed E-state index contributed by atoms with van der Waals surface area (Å²) in [5, 5.41) is 11.5. The van der Waals surface area contributed by atoms with Gasteiger partial charge in [0, 0.05) is 5.69 Å². The van der Waals surface area contributed by atoms with Crippen LogP contribution >= 0.6 is 12.6 Å². The Hall–Kier alpha value is -1.16. The number of anilines is 1. The molecule has 2 N–H and O–H groups in total. The first-order chi connectivity index (χ1) is 6.50. The Balaban J connectivity index is 2.82. The van der Waals surface area contributed by atoms with Gasteiger partial charge in [0.1, 0.15) is 5.75 Å². The second-order valence-corrected chi connectivity index (χ2v) is 3.94. The Bertz CT molecular complexity index is 350. The van der Waals surface area contributed by atoms with Gasteiger partial charge < -0.3 is 10.4 Å². The number of phenolic OH excluding ortho intramolecular Hbond substituents is 1. The molecule has 76 valence electrons. The van der Waals surface area contributed by atoms with Crippen LogP contribution in [0.2, 0.25) is 0 Å². The lowest BCUT2D eigenvalue weighted by atomic mass is 10.2. The van der Waals surface area contributed by atoms with Crippen LogP contribution in [0.3, 0.4) is 0 Å². The minimum absolute atomic E-state index is 0.151. The zero-order valence-corrected chi connectivity index (χ0v) is 9.01. The number of nitrogens with one attached hydrogen (secondary N) is 1. The van der Waals surface area contributed by atoms with E-state index in [1.165, 1.54) is 6.07 Å². The molecule has 1 rings (SSSR count). The van der Waals surface area contributed by atoms with Gasteiger partial charge in [-0.1, -0.05) is 0 Å². The van der Waals surface area contributed by atoms with Crippen molar-refractivity contribution in [3.05, 3.63) is 23.8 Å². The molecule has 1 atom stereocenters. The van der Waals surface area contributed by atoms with Gasteiger partial charge in [0.05, 0.1) is 5.25 Å². The molecule has 0 radical (unpaired) electrons.